The SMILES string of the molecule is Oc1ccccc1-c1nnc2n1Nc1onc(-c3ccccc3)c1S2. The molecular formula is C17H11N5O2S. The zero-order chi connectivity index (χ0) is 16.8. The third-order valence-electron chi connectivity index (χ3n) is 3.88. The summed E-state index contributed by atoms with van der Waals surface area (Å²) in [4.78, 5) is 0.856. The Bertz CT molecular complexity index is 1070. The van der Waals surface area contributed by atoms with Crippen molar-refractivity contribution < 1.29 is 9.63 Å². The molecule has 1 aliphatic rings. The van der Waals surface area contributed by atoms with Crippen molar-refractivity contribution in [3.63, 3.8) is 0 Å². The Hall–Kier alpha value is -3.26. The molecule has 122 valence electrons. The molecule has 4 aromatic rings. The molecule has 0 atom stereocenters. The van der Waals surface area contributed by atoms with Gasteiger partial charge in [0, 0.05) is 5.56 Å². The number of anilines is 1. The lowest BCUT2D eigenvalue weighted by Crippen LogP contribution is -2.15. The monoisotopic (exact) mass is 349 g/mol. The Balaban J connectivity index is 1.58. The molecule has 25 heavy (non-hydrogen) atoms. The van der Waals surface area contributed by atoms with Gasteiger partial charge in [-0.3, -0.25) is 5.43 Å². The number of hydrogen-bond donors (Lipinski definition) is 2. The molecule has 2 N–H and O–H groups in total. The van der Waals surface area contributed by atoms with Crippen molar-refractivity contribution in [1.29, 1.82) is 0 Å². The lowest BCUT2D eigenvalue weighted by molar-refractivity contribution is 0.427. The summed E-state index contributed by atoms with van der Waals surface area (Å²) in [7, 11) is 0. The zero-order valence-corrected chi connectivity index (χ0v) is 13.6. The fourth-order valence-corrected chi connectivity index (χ4v) is 3.61. The number of aromatic nitrogens is 4. The van der Waals surface area contributed by atoms with E-state index in [9.17, 15) is 5.11 Å². The van der Waals surface area contributed by atoms with Crippen LogP contribution in [0.2, 0.25) is 0 Å². The lowest BCUT2D eigenvalue weighted by atomic mass is 10.1. The Morgan fingerprint density at radius 2 is 1.80 bits per heavy atom. The molecule has 0 aliphatic carbocycles. The van der Waals surface area contributed by atoms with Gasteiger partial charge in [-0.1, -0.05) is 47.6 Å². The van der Waals surface area contributed by atoms with Gasteiger partial charge in [-0.15, -0.1) is 10.2 Å². The number of nitrogens with zero attached hydrogens (tertiary/aromatic N) is 4. The van der Waals surface area contributed by atoms with E-state index in [1.54, 1.807) is 22.9 Å². The molecule has 8 heteroatoms. The fourth-order valence-electron chi connectivity index (χ4n) is 2.69. The van der Waals surface area contributed by atoms with E-state index in [2.05, 4.69) is 20.8 Å². The zero-order valence-electron chi connectivity index (χ0n) is 12.7. The van der Waals surface area contributed by atoms with E-state index in [-0.39, 0.29) is 5.75 Å². The molecule has 0 spiro atoms. The first-order chi connectivity index (χ1) is 12.3. The van der Waals surface area contributed by atoms with Crippen molar-refractivity contribution in [2.24, 2.45) is 0 Å². The first-order valence-electron chi connectivity index (χ1n) is 7.55. The maximum Gasteiger partial charge on any atom is 0.258 e. The van der Waals surface area contributed by atoms with E-state index in [1.807, 2.05) is 36.4 Å². The van der Waals surface area contributed by atoms with Gasteiger partial charge in [-0.25, -0.2) is 4.68 Å². The number of fused-ring (bicyclic) bond motifs is 2. The van der Waals surface area contributed by atoms with E-state index in [4.69, 9.17) is 4.52 Å². The molecule has 0 amide bonds. The Labute approximate surface area is 146 Å². The normalized spacial score (nSPS) is 12.3. The largest absolute Gasteiger partial charge is 0.507 e. The number of hydrogen-bond acceptors (Lipinski definition) is 7. The Morgan fingerprint density at radius 1 is 1.00 bits per heavy atom. The second-order valence-corrected chi connectivity index (χ2v) is 6.41. The molecule has 7 nitrogen and oxygen atoms in total. The van der Waals surface area contributed by atoms with Gasteiger partial charge < -0.3 is 9.63 Å². The summed E-state index contributed by atoms with van der Waals surface area (Å²) in [6.07, 6.45) is 0. The third-order valence-corrected chi connectivity index (χ3v) is 4.91. The van der Waals surface area contributed by atoms with Crippen molar-refractivity contribution >= 4 is 17.6 Å². The van der Waals surface area contributed by atoms with Crippen molar-refractivity contribution in [1.82, 2.24) is 20.0 Å². The predicted octanol–water partition coefficient (Wildman–Crippen LogP) is 3.65. The second-order valence-electron chi connectivity index (χ2n) is 5.43. The fraction of sp³-hybridized carbons (Fsp3) is 0. The highest BCUT2D eigenvalue weighted by atomic mass is 32.2. The maximum absolute atomic E-state index is 10.1. The second kappa shape index (κ2) is 5.38. The standard InChI is InChI=1S/C17H11N5O2S/c23-12-9-5-4-8-11(12)15-18-19-17-22(15)20-16-14(25-17)13(21-24-16)10-6-2-1-3-7-10/h1-9,20,23H. The smallest absolute Gasteiger partial charge is 0.258 e. The van der Waals surface area contributed by atoms with Gasteiger partial charge in [0.05, 0.1) is 5.56 Å². The van der Waals surface area contributed by atoms with Crippen molar-refractivity contribution in [3.8, 4) is 28.4 Å². The van der Waals surface area contributed by atoms with E-state index in [0.29, 0.717) is 22.4 Å². The van der Waals surface area contributed by atoms with E-state index in [0.717, 1.165) is 16.2 Å². The molecule has 0 saturated carbocycles. The lowest BCUT2D eigenvalue weighted by Gasteiger charge is -2.15. The number of rotatable bonds is 2. The Morgan fingerprint density at radius 3 is 2.64 bits per heavy atom. The number of nitrogens with one attached hydrogen (secondary N) is 1. The highest BCUT2D eigenvalue weighted by Gasteiger charge is 2.29. The molecule has 3 heterocycles. The molecule has 0 saturated heterocycles. The third kappa shape index (κ3) is 2.18. The first kappa shape index (κ1) is 14.1. The summed E-state index contributed by atoms with van der Waals surface area (Å²) in [6, 6.07) is 16.8. The van der Waals surface area contributed by atoms with Crippen LogP contribution in [0, 0.1) is 0 Å². The number of aromatic hydroxyl groups is 1. The Kier molecular flexibility index (Phi) is 3.04. The molecule has 5 rings (SSSR count). The highest BCUT2D eigenvalue weighted by molar-refractivity contribution is 7.99. The van der Waals surface area contributed by atoms with E-state index >= 15 is 0 Å². The van der Waals surface area contributed by atoms with Crippen LogP contribution in [0.4, 0.5) is 5.88 Å². The number of para-hydroxylation sites is 1. The molecular weight excluding hydrogens is 338 g/mol. The first-order valence-corrected chi connectivity index (χ1v) is 8.36. The minimum absolute atomic E-state index is 0.137. The highest BCUT2D eigenvalue weighted by Crippen LogP contribution is 2.44. The van der Waals surface area contributed by atoms with Crippen LogP contribution in [0.5, 0.6) is 5.75 Å². The molecule has 0 unspecified atom stereocenters. The number of phenols is 1. The van der Waals surface area contributed by atoms with Crippen molar-refractivity contribution in [2.45, 2.75) is 10.1 Å². The summed E-state index contributed by atoms with van der Waals surface area (Å²) in [5, 5.41) is 23.3. The van der Waals surface area contributed by atoms with E-state index < -0.39 is 0 Å². The van der Waals surface area contributed by atoms with Gasteiger partial charge in [0.25, 0.3) is 5.88 Å². The quantitative estimate of drug-likeness (QED) is 0.503. The van der Waals surface area contributed by atoms with Crippen LogP contribution in [0.15, 0.2) is 69.2 Å². The maximum atomic E-state index is 10.1. The molecule has 1 aliphatic heterocycles. The van der Waals surface area contributed by atoms with Gasteiger partial charge in [0.15, 0.2) is 5.82 Å². The van der Waals surface area contributed by atoms with Crippen LogP contribution < -0.4 is 5.43 Å². The van der Waals surface area contributed by atoms with Gasteiger partial charge in [0.1, 0.15) is 16.3 Å². The van der Waals surface area contributed by atoms with Gasteiger partial charge in [-0.05, 0) is 23.9 Å². The summed E-state index contributed by atoms with van der Waals surface area (Å²) in [6.45, 7) is 0. The van der Waals surface area contributed by atoms with Crippen LogP contribution >= 0.6 is 11.8 Å². The summed E-state index contributed by atoms with van der Waals surface area (Å²) in [5.41, 5.74) is 5.44. The van der Waals surface area contributed by atoms with Gasteiger partial charge in [0.2, 0.25) is 5.16 Å². The average molecular weight is 349 g/mol. The van der Waals surface area contributed by atoms with Gasteiger partial charge in [-0.2, -0.15) is 0 Å². The summed E-state index contributed by atoms with van der Waals surface area (Å²) in [5.74, 6) is 1.16. The van der Waals surface area contributed by atoms with Crippen LogP contribution in [-0.4, -0.2) is 25.1 Å². The van der Waals surface area contributed by atoms with Crippen molar-refractivity contribution in [2.75, 3.05) is 5.43 Å². The molecule has 0 radical (unpaired) electrons. The van der Waals surface area contributed by atoms with E-state index in [1.165, 1.54) is 11.8 Å². The molecule has 2 aromatic carbocycles. The molecule has 0 bridgehead atoms. The predicted molar refractivity (Wildman–Crippen MR) is 92.2 cm³/mol. The molecule has 0 fully saturated rings. The minimum atomic E-state index is 0.137. The van der Waals surface area contributed by atoms with Gasteiger partial charge >= 0.3 is 0 Å². The minimum Gasteiger partial charge on any atom is -0.507 e. The van der Waals surface area contributed by atoms with Crippen LogP contribution in [0.3, 0.4) is 0 Å². The van der Waals surface area contributed by atoms with Crippen molar-refractivity contribution in [3.05, 3.63) is 54.6 Å². The summed E-state index contributed by atoms with van der Waals surface area (Å²) < 4.78 is 7.15. The average Bonchev–Trinajstić information content (AvgIpc) is 3.25. The number of phenolic OH excluding ortho intramolecular Hbond substituents is 1. The van der Waals surface area contributed by atoms with Crippen LogP contribution in [0.1, 0.15) is 0 Å². The van der Waals surface area contributed by atoms with Crippen LogP contribution in [0.25, 0.3) is 22.6 Å². The topological polar surface area (TPSA) is 89.0 Å². The number of benzene rings is 2. The summed E-state index contributed by atoms with van der Waals surface area (Å²) >= 11 is 1.42. The molecule has 2 aromatic heterocycles. The van der Waals surface area contributed by atoms with Crippen LogP contribution in [-0.2, 0) is 0 Å².